The molecule has 1 aliphatic carbocycles. The van der Waals surface area contributed by atoms with E-state index in [2.05, 4.69) is 52.7 Å². The van der Waals surface area contributed by atoms with Gasteiger partial charge in [-0.2, -0.15) is 0 Å². The van der Waals surface area contributed by atoms with Gasteiger partial charge in [-0.05, 0) is 48.1 Å². The van der Waals surface area contributed by atoms with E-state index in [1.54, 1.807) is 7.11 Å². The van der Waals surface area contributed by atoms with Gasteiger partial charge in [0.2, 0.25) is 0 Å². The smallest absolute Gasteiger partial charge is 0.136 e. The number of rotatable bonds is 6. The highest BCUT2D eigenvalue weighted by atomic mass is 16.5. The normalized spacial score (nSPS) is 15.7. The van der Waals surface area contributed by atoms with Gasteiger partial charge in [0.1, 0.15) is 23.2 Å². The fourth-order valence-corrected chi connectivity index (χ4v) is 3.87. The molecule has 5 rings (SSSR count). The molecular formula is C24H26N4O. The summed E-state index contributed by atoms with van der Waals surface area (Å²) in [4.78, 5) is 12.1. The van der Waals surface area contributed by atoms with E-state index in [9.17, 15) is 0 Å². The van der Waals surface area contributed by atoms with Crippen LogP contribution in [-0.4, -0.2) is 23.6 Å². The lowest BCUT2D eigenvalue weighted by Gasteiger charge is -2.30. The number of hydrogen-bond donors (Lipinski definition) is 1. The fourth-order valence-electron chi connectivity index (χ4n) is 3.87. The van der Waals surface area contributed by atoms with Crippen LogP contribution < -0.4 is 15.0 Å². The van der Waals surface area contributed by atoms with E-state index in [4.69, 9.17) is 14.7 Å². The standard InChI is InChI=1S/C24H26N4O/c1-29-21-10-9-20-16-28(12-11-19(20)13-21)23-14-22(26-24(27-23)18-7-8-18)25-15-17-5-3-2-4-6-17/h2-6,9-10,13-14,18H,7-8,11-12,15-16H2,1H3,(H,25,26,27). The van der Waals surface area contributed by atoms with Gasteiger partial charge in [-0.25, -0.2) is 9.97 Å². The summed E-state index contributed by atoms with van der Waals surface area (Å²) in [5, 5.41) is 3.50. The van der Waals surface area contributed by atoms with Gasteiger partial charge in [0.15, 0.2) is 0 Å². The molecule has 1 N–H and O–H groups in total. The molecule has 2 heterocycles. The lowest BCUT2D eigenvalue weighted by Crippen LogP contribution is -2.31. The molecule has 2 aliphatic rings. The van der Waals surface area contributed by atoms with Gasteiger partial charge >= 0.3 is 0 Å². The predicted molar refractivity (Wildman–Crippen MR) is 116 cm³/mol. The number of nitrogens with zero attached hydrogens (tertiary/aromatic N) is 3. The van der Waals surface area contributed by atoms with Gasteiger partial charge in [-0.3, -0.25) is 0 Å². The minimum absolute atomic E-state index is 0.522. The lowest BCUT2D eigenvalue weighted by molar-refractivity contribution is 0.413. The summed E-state index contributed by atoms with van der Waals surface area (Å²) >= 11 is 0. The topological polar surface area (TPSA) is 50.3 Å². The number of anilines is 2. The summed E-state index contributed by atoms with van der Waals surface area (Å²) in [6.07, 6.45) is 3.40. The van der Waals surface area contributed by atoms with Gasteiger partial charge in [-0.15, -0.1) is 0 Å². The van der Waals surface area contributed by atoms with Crippen LogP contribution in [0, 0.1) is 0 Å². The van der Waals surface area contributed by atoms with Crippen molar-refractivity contribution in [2.75, 3.05) is 23.9 Å². The zero-order valence-electron chi connectivity index (χ0n) is 16.8. The predicted octanol–water partition coefficient (Wildman–Crippen LogP) is 4.54. The summed E-state index contributed by atoms with van der Waals surface area (Å²) < 4.78 is 5.38. The maximum absolute atomic E-state index is 5.38. The molecule has 1 saturated carbocycles. The lowest BCUT2D eigenvalue weighted by atomic mass is 9.99. The summed E-state index contributed by atoms with van der Waals surface area (Å²) in [7, 11) is 1.72. The minimum Gasteiger partial charge on any atom is -0.497 e. The molecule has 148 valence electrons. The van der Waals surface area contributed by atoms with E-state index in [1.165, 1.54) is 29.5 Å². The fraction of sp³-hybridized carbons (Fsp3) is 0.333. The zero-order valence-corrected chi connectivity index (χ0v) is 16.8. The molecular weight excluding hydrogens is 360 g/mol. The first kappa shape index (κ1) is 18.0. The van der Waals surface area contributed by atoms with Crippen LogP contribution in [0.5, 0.6) is 5.75 Å². The molecule has 0 spiro atoms. The Morgan fingerprint density at radius 1 is 1.03 bits per heavy atom. The Morgan fingerprint density at radius 3 is 2.69 bits per heavy atom. The van der Waals surface area contributed by atoms with Crippen molar-refractivity contribution in [3.8, 4) is 5.75 Å². The van der Waals surface area contributed by atoms with Crippen molar-refractivity contribution in [3.63, 3.8) is 0 Å². The second kappa shape index (κ2) is 7.74. The molecule has 1 fully saturated rings. The molecule has 0 saturated heterocycles. The van der Waals surface area contributed by atoms with Crippen LogP contribution in [0.25, 0.3) is 0 Å². The first-order valence-electron chi connectivity index (χ1n) is 10.4. The molecule has 5 heteroatoms. The molecule has 5 nitrogen and oxygen atoms in total. The molecule has 29 heavy (non-hydrogen) atoms. The third kappa shape index (κ3) is 4.04. The van der Waals surface area contributed by atoms with Crippen LogP contribution >= 0.6 is 0 Å². The van der Waals surface area contributed by atoms with Crippen LogP contribution in [0.2, 0.25) is 0 Å². The average molecular weight is 386 g/mol. The molecule has 0 unspecified atom stereocenters. The number of nitrogens with one attached hydrogen (secondary N) is 1. The van der Waals surface area contributed by atoms with Crippen LogP contribution in [0.4, 0.5) is 11.6 Å². The quantitative estimate of drug-likeness (QED) is 0.674. The maximum atomic E-state index is 5.38. The van der Waals surface area contributed by atoms with Gasteiger partial charge in [0.25, 0.3) is 0 Å². The van der Waals surface area contributed by atoms with Gasteiger partial charge in [-0.1, -0.05) is 36.4 Å². The first-order chi connectivity index (χ1) is 14.3. The summed E-state index contributed by atoms with van der Waals surface area (Å²) in [6, 6.07) is 18.9. The molecule has 0 bridgehead atoms. The Bertz CT molecular complexity index is 1000. The average Bonchev–Trinajstić information content (AvgIpc) is 3.63. The minimum atomic E-state index is 0.522. The Labute approximate surface area is 171 Å². The molecule has 1 aliphatic heterocycles. The Balaban J connectivity index is 1.38. The SMILES string of the molecule is COc1ccc2c(c1)CCN(c1cc(NCc3ccccc3)nc(C3CC3)n1)C2. The van der Waals surface area contributed by atoms with E-state index >= 15 is 0 Å². The summed E-state index contributed by atoms with van der Waals surface area (Å²) in [6.45, 7) is 2.60. The van der Waals surface area contributed by atoms with E-state index in [1.807, 2.05) is 12.1 Å². The maximum Gasteiger partial charge on any atom is 0.136 e. The van der Waals surface area contributed by atoms with Crippen molar-refractivity contribution in [3.05, 3.63) is 77.1 Å². The third-order valence-electron chi connectivity index (χ3n) is 5.74. The number of aromatic nitrogens is 2. The van der Waals surface area contributed by atoms with Crippen LogP contribution in [0.3, 0.4) is 0 Å². The summed E-state index contributed by atoms with van der Waals surface area (Å²) in [5.74, 6) is 4.38. The van der Waals surface area contributed by atoms with Gasteiger partial charge in [0, 0.05) is 31.6 Å². The van der Waals surface area contributed by atoms with Crippen LogP contribution in [0.1, 0.15) is 41.3 Å². The van der Waals surface area contributed by atoms with Crippen LogP contribution in [0.15, 0.2) is 54.6 Å². The monoisotopic (exact) mass is 386 g/mol. The van der Waals surface area contributed by atoms with E-state index in [-0.39, 0.29) is 0 Å². The molecule has 0 amide bonds. The largest absolute Gasteiger partial charge is 0.497 e. The van der Waals surface area contributed by atoms with E-state index in [0.29, 0.717) is 5.92 Å². The molecule has 3 aromatic rings. The van der Waals surface area contributed by atoms with Crippen molar-refractivity contribution in [1.82, 2.24) is 9.97 Å². The summed E-state index contributed by atoms with van der Waals surface area (Å²) in [5.41, 5.74) is 3.98. The van der Waals surface area contributed by atoms with E-state index in [0.717, 1.165) is 49.3 Å². The second-order valence-electron chi connectivity index (χ2n) is 7.89. The van der Waals surface area contributed by atoms with E-state index < -0.39 is 0 Å². The number of methoxy groups -OCH3 is 1. The van der Waals surface area contributed by atoms with Crippen molar-refractivity contribution in [2.45, 2.75) is 38.3 Å². The Morgan fingerprint density at radius 2 is 1.90 bits per heavy atom. The second-order valence-corrected chi connectivity index (χ2v) is 7.89. The number of fused-ring (bicyclic) bond motifs is 1. The molecule has 0 radical (unpaired) electrons. The number of benzene rings is 2. The zero-order chi connectivity index (χ0) is 19.6. The molecule has 2 aromatic carbocycles. The molecule has 1 aromatic heterocycles. The molecule has 0 atom stereocenters. The highest BCUT2D eigenvalue weighted by molar-refractivity contribution is 5.53. The highest BCUT2D eigenvalue weighted by Gasteiger charge is 2.28. The van der Waals surface area contributed by atoms with Crippen molar-refractivity contribution in [1.29, 1.82) is 0 Å². The Kier molecular flexibility index (Phi) is 4.80. The van der Waals surface area contributed by atoms with Crippen molar-refractivity contribution in [2.24, 2.45) is 0 Å². The number of hydrogen-bond acceptors (Lipinski definition) is 5. The van der Waals surface area contributed by atoms with Crippen molar-refractivity contribution >= 4 is 11.6 Å². The third-order valence-corrected chi connectivity index (χ3v) is 5.74. The van der Waals surface area contributed by atoms with Crippen LogP contribution in [-0.2, 0) is 19.5 Å². The highest BCUT2D eigenvalue weighted by Crippen LogP contribution is 2.39. The van der Waals surface area contributed by atoms with Gasteiger partial charge < -0.3 is 15.0 Å². The Hall–Kier alpha value is -3.08. The first-order valence-corrected chi connectivity index (χ1v) is 10.4. The van der Waals surface area contributed by atoms with Gasteiger partial charge in [0.05, 0.1) is 7.11 Å². The number of ether oxygens (including phenoxy) is 1. The van der Waals surface area contributed by atoms with Crippen molar-refractivity contribution < 1.29 is 4.74 Å².